The van der Waals surface area contributed by atoms with Crippen LogP contribution in [0.25, 0.3) is 0 Å². The molecule has 2 heteroatoms. The van der Waals surface area contributed by atoms with Crippen molar-refractivity contribution in [3.63, 3.8) is 0 Å². The van der Waals surface area contributed by atoms with E-state index in [9.17, 15) is 0 Å². The molecule has 0 spiro atoms. The molecule has 0 aromatic heterocycles. The summed E-state index contributed by atoms with van der Waals surface area (Å²) in [4.78, 5) is 0. The van der Waals surface area contributed by atoms with Crippen molar-refractivity contribution < 1.29 is 0 Å². The fourth-order valence-corrected chi connectivity index (χ4v) is 1.88. The highest BCUT2D eigenvalue weighted by molar-refractivity contribution is 4.96. The summed E-state index contributed by atoms with van der Waals surface area (Å²) >= 11 is 0. The van der Waals surface area contributed by atoms with Crippen LogP contribution < -0.4 is 11.1 Å². The zero-order valence-corrected chi connectivity index (χ0v) is 4.93. The Hall–Kier alpha value is -0.0800. The maximum Gasteiger partial charge on any atom is 0.00946 e. The number of piperidine rings is 1. The van der Waals surface area contributed by atoms with Gasteiger partial charge in [0.1, 0.15) is 0 Å². The van der Waals surface area contributed by atoms with Crippen LogP contribution >= 0.6 is 0 Å². The summed E-state index contributed by atoms with van der Waals surface area (Å²) in [7, 11) is 0. The summed E-state index contributed by atoms with van der Waals surface area (Å²) in [5.41, 5.74) is 5.78. The lowest BCUT2D eigenvalue weighted by molar-refractivity contribution is 0.439. The maximum absolute atomic E-state index is 5.78. The number of rotatable bonds is 0. The Morgan fingerprint density at radius 1 is 1.38 bits per heavy atom. The SMILES string of the molecule is N[C@@H]1C[C@H]2C[C@@H]1CN2. The maximum atomic E-state index is 5.78. The molecule has 0 amide bonds. The molecular weight excluding hydrogens is 100 g/mol. The number of nitrogens with one attached hydrogen (secondary N) is 1. The molecule has 0 radical (unpaired) electrons. The number of nitrogens with two attached hydrogens (primary N) is 1. The first-order valence-corrected chi connectivity index (χ1v) is 3.35. The predicted molar refractivity (Wildman–Crippen MR) is 32.5 cm³/mol. The monoisotopic (exact) mass is 112 g/mol. The molecule has 0 aromatic carbocycles. The van der Waals surface area contributed by atoms with E-state index in [1.165, 1.54) is 19.4 Å². The van der Waals surface area contributed by atoms with E-state index >= 15 is 0 Å². The van der Waals surface area contributed by atoms with E-state index in [0.717, 1.165) is 12.0 Å². The van der Waals surface area contributed by atoms with Gasteiger partial charge in [0.25, 0.3) is 0 Å². The van der Waals surface area contributed by atoms with E-state index in [1.54, 1.807) is 0 Å². The molecule has 1 aliphatic heterocycles. The van der Waals surface area contributed by atoms with Crippen molar-refractivity contribution in [2.75, 3.05) is 6.54 Å². The van der Waals surface area contributed by atoms with Crippen LogP contribution in [0.1, 0.15) is 12.8 Å². The third-order valence-corrected chi connectivity index (χ3v) is 2.42. The molecule has 1 saturated heterocycles. The summed E-state index contributed by atoms with van der Waals surface area (Å²) in [6.45, 7) is 1.17. The molecule has 46 valence electrons. The van der Waals surface area contributed by atoms with E-state index in [2.05, 4.69) is 5.32 Å². The normalized spacial score (nSPS) is 52.9. The van der Waals surface area contributed by atoms with Crippen LogP contribution in [0.15, 0.2) is 0 Å². The van der Waals surface area contributed by atoms with Gasteiger partial charge in [-0.3, -0.25) is 0 Å². The summed E-state index contributed by atoms with van der Waals surface area (Å²) in [6, 6.07) is 1.29. The Morgan fingerprint density at radius 2 is 2.25 bits per heavy atom. The minimum atomic E-state index is 0.515. The Balaban J connectivity index is 2.11. The lowest BCUT2D eigenvalue weighted by atomic mass is 10.1. The van der Waals surface area contributed by atoms with Crippen molar-refractivity contribution >= 4 is 0 Å². The minimum Gasteiger partial charge on any atom is -0.327 e. The van der Waals surface area contributed by atoms with Gasteiger partial charge < -0.3 is 11.1 Å². The average molecular weight is 112 g/mol. The van der Waals surface area contributed by atoms with Crippen molar-refractivity contribution in [1.82, 2.24) is 5.32 Å². The standard InChI is InChI=1S/C6H12N2/c7-6-2-5-1-4(6)3-8-5/h4-6,8H,1-3,7H2/t4-,5-,6-/m1/s1. The zero-order chi connectivity index (χ0) is 5.56. The molecule has 0 aromatic rings. The van der Waals surface area contributed by atoms with Crippen molar-refractivity contribution in [2.24, 2.45) is 11.7 Å². The van der Waals surface area contributed by atoms with E-state index in [0.29, 0.717) is 6.04 Å². The molecule has 8 heavy (non-hydrogen) atoms. The second-order valence-electron chi connectivity index (χ2n) is 3.00. The van der Waals surface area contributed by atoms with E-state index < -0.39 is 0 Å². The van der Waals surface area contributed by atoms with Crippen molar-refractivity contribution in [3.05, 3.63) is 0 Å². The van der Waals surface area contributed by atoms with Crippen LogP contribution in [0.2, 0.25) is 0 Å². The van der Waals surface area contributed by atoms with E-state index in [4.69, 9.17) is 5.73 Å². The first-order valence-electron chi connectivity index (χ1n) is 3.35. The lowest BCUT2D eigenvalue weighted by Crippen LogP contribution is -2.37. The zero-order valence-electron chi connectivity index (χ0n) is 4.93. The predicted octanol–water partition coefficient (Wildman–Crippen LogP) is -0.305. The molecule has 1 heterocycles. The second kappa shape index (κ2) is 1.45. The van der Waals surface area contributed by atoms with Crippen molar-refractivity contribution in [3.8, 4) is 0 Å². The number of hydrogen-bond acceptors (Lipinski definition) is 2. The summed E-state index contributed by atoms with van der Waals surface area (Å²) in [6.07, 6.45) is 2.55. The Morgan fingerprint density at radius 3 is 2.50 bits per heavy atom. The number of hydrogen-bond donors (Lipinski definition) is 2. The van der Waals surface area contributed by atoms with Gasteiger partial charge in [0.15, 0.2) is 0 Å². The van der Waals surface area contributed by atoms with E-state index in [-0.39, 0.29) is 0 Å². The Kier molecular flexibility index (Phi) is 0.866. The van der Waals surface area contributed by atoms with Gasteiger partial charge in [0.2, 0.25) is 0 Å². The summed E-state index contributed by atoms with van der Waals surface area (Å²) in [5, 5.41) is 3.41. The Bertz CT molecular complexity index is 101. The first-order chi connectivity index (χ1) is 3.86. The Labute approximate surface area is 49.4 Å². The van der Waals surface area contributed by atoms with Gasteiger partial charge in [-0.25, -0.2) is 0 Å². The highest BCUT2D eigenvalue weighted by atomic mass is 15.0. The fraction of sp³-hybridized carbons (Fsp3) is 1.00. The third kappa shape index (κ3) is 0.501. The van der Waals surface area contributed by atoms with Crippen LogP contribution in [0.5, 0.6) is 0 Å². The molecule has 2 bridgehead atoms. The molecule has 2 nitrogen and oxygen atoms in total. The average Bonchev–Trinajstić information content (AvgIpc) is 2.23. The summed E-state index contributed by atoms with van der Waals surface area (Å²) < 4.78 is 0. The van der Waals surface area contributed by atoms with Gasteiger partial charge in [-0.05, 0) is 25.3 Å². The van der Waals surface area contributed by atoms with Crippen LogP contribution in [-0.4, -0.2) is 18.6 Å². The largest absolute Gasteiger partial charge is 0.327 e. The fourth-order valence-electron chi connectivity index (χ4n) is 1.88. The molecule has 2 aliphatic rings. The molecule has 1 saturated carbocycles. The molecule has 2 fully saturated rings. The van der Waals surface area contributed by atoms with Gasteiger partial charge >= 0.3 is 0 Å². The van der Waals surface area contributed by atoms with Gasteiger partial charge in [-0.1, -0.05) is 0 Å². The molecule has 0 unspecified atom stereocenters. The molecule has 3 N–H and O–H groups in total. The van der Waals surface area contributed by atoms with Crippen molar-refractivity contribution in [2.45, 2.75) is 24.9 Å². The summed E-state index contributed by atoms with van der Waals surface area (Å²) in [5.74, 6) is 0.806. The molecule has 1 aliphatic carbocycles. The first kappa shape index (κ1) is 4.77. The second-order valence-corrected chi connectivity index (χ2v) is 3.00. The van der Waals surface area contributed by atoms with Crippen LogP contribution in [0.4, 0.5) is 0 Å². The highest BCUT2D eigenvalue weighted by Gasteiger charge is 2.36. The van der Waals surface area contributed by atoms with Crippen LogP contribution in [0.3, 0.4) is 0 Å². The van der Waals surface area contributed by atoms with Gasteiger partial charge in [0.05, 0.1) is 0 Å². The topological polar surface area (TPSA) is 38.0 Å². The highest BCUT2D eigenvalue weighted by Crippen LogP contribution is 2.29. The molecule has 2 rings (SSSR count). The minimum absolute atomic E-state index is 0.515. The smallest absolute Gasteiger partial charge is 0.00946 e. The quantitative estimate of drug-likeness (QED) is 0.451. The number of fused-ring (bicyclic) bond motifs is 2. The molecule has 3 atom stereocenters. The van der Waals surface area contributed by atoms with Crippen LogP contribution in [0, 0.1) is 5.92 Å². The van der Waals surface area contributed by atoms with Gasteiger partial charge in [-0.2, -0.15) is 0 Å². The van der Waals surface area contributed by atoms with E-state index in [1.807, 2.05) is 0 Å². The van der Waals surface area contributed by atoms with Crippen LogP contribution in [-0.2, 0) is 0 Å². The van der Waals surface area contributed by atoms with Crippen molar-refractivity contribution in [1.29, 1.82) is 0 Å². The third-order valence-electron chi connectivity index (χ3n) is 2.42. The lowest BCUT2D eigenvalue weighted by Gasteiger charge is -2.16. The van der Waals surface area contributed by atoms with Gasteiger partial charge in [-0.15, -0.1) is 0 Å². The molecular formula is C6H12N2. The van der Waals surface area contributed by atoms with Gasteiger partial charge in [0, 0.05) is 12.1 Å².